The zero-order chi connectivity index (χ0) is 26.5. The molecular formula is C28H26FN5O3S. The van der Waals surface area contributed by atoms with E-state index in [1.54, 1.807) is 47.3 Å². The van der Waals surface area contributed by atoms with Gasteiger partial charge in [0.15, 0.2) is 0 Å². The van der Waals surface area contributed by atoms with Crippen LogP contribution in [0.2, 0.25) is 0 Å². The van der Waals surface area contributed by atoms with Crippen LogP contribution in [0.1, 0.15) is 35.2 Å². The second-order valence-electron chi connectivity index (χ2n) is 8.85. The summed E-state index contributed by atoms with van der Waals surface area (Å²) in [4.78, 5) is 16.2. The molecule has 0 atom stereocenters. The molecule has 0 aliphatic heterocycles. The minimum absolute atomic E-state index is 0.0359. The molecule has 0 fully saturated rings. The van der Waals surface area contributed by atoms with Crippen molar-refractivity contribution in [2.75, 3.05) is 5.43 Å². The lowest BCUT2D eigenvalue weighted by Crippen LogP contribution is -2.23. The molecule has 0 saturated heterocycles. The smallest absolute Gasteiger partial charge is 0.253 e. The molecular weight excluding hydrogens is 505 g/mol. The van der Waals surface area contributed by atoms with Crippen molar-refractivity contribution < 1.29 is 17.6 Å². The molecule has 38 heavy (non-hydrogen) atoms. The van der Waals surface area contributed by atoms with E-state index in [9.17, 15) is 17.6 Å². The van der Waals surface area contributed by atoms with Crippen LogP contribution in [0.25, 0.3) is 5.65 Å². The number of aromatic nitrogens is 2. The first-order valence-corrected chi connectivity index (χ1v) is 13.6. The first-order valence-electron chi connectivity index (χ1n) is 12.1. The maximum Gasteiger partial charge on any atom is 0.253 e. The van der Waals surface area contributed by atoms with Crippen LogP contribution in [0.5, 0.6) is 0 Å². The molecule has 0 bridgehead atoms. The van der Waals surface area contributed by atoms with Crippen molar-refractivity contribution in [1.29, 1.82) is 0 Å². The molecule has 3 N–H and O–H groups in total. The van der Waals surface area contributed by atoms with Gasteiger partial charge in [0.05, 0.1) is 16.1 Å². The molecule has 5 rings (SSSR count). The first-order chi connectivity index (χ1) is 18.4. The number of allylic oxidation sites excluding steroid dienone is 4. The molecule has 0 radical (unpaired) electrons. The predicted octanol–water partition coefficient (Wildman–Crippen LogP) is 4.78. The van der Waals surface area contributed by atoms with Crippen molar-refractivity contribution in [2.45, 2.75) is 35.6 Å². The molecule has 0 unspecified atom stereocenters. The number of carbonyl (C=O) groups is 1. The molecule has 2 aromatic heterocycles. The number of amides is 1. The van der Waals surface area contributed by atoms with Gasteiger partial charge in [0.25, 0.3) is 5.91 Å². The molecule has 0 saturated carbocycles. The molecule has 0 spiro atoms. The number of sulfone groups is 1. The van der Waals surface area contributed by atoms with Crippen molar-refractivity contribution >= 4 is 27.1 Å². The molecule has 4 aromatic rings. The number of fused-ring (bicyclic) bond motifs is 1. The summed E-state index contributed by atoms with van der Waals surface area (Å²) >= 11 is 0. The summed E-state index contributed by atoms with van der Waals surface area (Å²) in [6, 6.07) is 13.4. The van der Waals surface area contributed by atoms with Gasteiger partial charge in [0, 0.05) is 36.9 Å². The van der Waals surface area contributed by atoms with E-state index in [2.05, 4.69) is 27.2 Å². The van der Waals surface area contributed by atoms with Gasteiger partial charge >= 0.3 is 0 Å². The number of anilines is 1. The summed E-state index contributed by atoms with van der Waals surface area (Å²) in [5.41, 5.74) is 9.26. The number of nitrogens with one attached hydrogen (secondary N) is 3. The Labute approximate surface area is 219 Å². The van der Waals surface area contributed by atoms with Crippen molar-refractivity contribution in [3.63, 3.8) is 0 Å². The Morgan fingerprint density at radius 1 is 1.05 bits per heavy atom. The topological polar surface area (TPSA) is 105 Å². The molecule has 10 heteroatoms. The van der Waals surface area contributed by atoms with Gasteiger partial charge < -0.3 is 20.6 Å². The molecule has 194 valence electrons. The first kappa shape index (κ1) is 25.2. The van der Waals surface area contributed by atoms with E-state index in [1.165, 1.54) is 24.3 Å². The number of imidazole rings is 1. The largest absolute Gasteiger partial charge is 0.348 e. The van der Waals surface area contributed by atoms with Crippen LogP contribution in [0.3, 0.4) is 0 Å². The average molecular weight is 532 g/mol. The third-order valence-corrected chi connectivity index (χ3v) is 7.98. The maximum atomic E-state index is 14.9. The van der Waals surface area contributed by atoms with Crippen molar-refractivity contribution in [3.8, 4) is 0 Å². The number of nitrogens with zero attached hydrogens (tertiary/aromatic N) is 2. The number of pyridine rings is 1. The van der Waals surface area contributed by atoms with Crippen LogP contribution in [0.4, 0.5) is 10.1 Å². The van der Waals surface area contributed by atoms with Crippen molar-refractivity contribution in [2.24, 2.45) is 0 Å². The molecule has 8 nitrogen and oxygen atoms in total. The normalized spacial score (nSPS) is 13.6. The van der Waals surface area contributed by atoms with Crippen LogP contribution in [0, 0.1) is 5.82 Å². The average Bonchev–Trinajstić information content (AvgIpc) is 3.24. The van der Waals surface area contributed by atoms with Gasteiger partial charge in [-0.1, -0.05) is 24.3 Å². The summed E-state index contributed by atoms with van der Waals surface area (Å²) in [7, 11) is -4.07. The Morgan fingerprint density at radius 2 is 1.89 bits per heavy atom. The van der Waals surface area contributed by atoms with Gasteiger partial charge in [-0.3, -0.25) is 4.79 Å². The second-order valence-corrected chi connectivity index (χ2v) is 10.8. The number of carbonyl (C=O) groups excluding carboxylic acids is 1. The third-order valence-electron chi connectivity index (χ3n) is 6.18. The van der Waals surface area contributed by atoms with E-state index < -0.39 is 20.5 Å². The minimum Gasteiger partial charge on any atom is -0.348 e. The minimum atomic E-state index is -4.07. The lowest BCUT2D eigenvalue weighted by atomic mass is 10.2. The van der Waals surface area contributed by atoms with Crippen LogP contribution < -0.4 is 16.2 Å². The molecule has 1 aliphatic rings. The second kappa shape index (κ2) is 10.9. The third kappa shape index (κ3) is 5.60. The van der Waals surface area contributed by atoms with Gasteiger partial charge in [-0.05, 0) is 67.3 Å². The van der Waals surface area contributed by atoms with Crippen molar-refractivity contribution in [3.05, 3.63) is 114 Å². The monoisotopic (exact) mass is 531 g/mol. The van der Waals surface area contributed by atoms with E-state index >= 15 is 0 Å². The van der Waals surface area contributed by atoms with Crippen LogP contribution >= 0.6 is 0 Å². The highest BCUT2D eigenvalue weighted by Gasteiger charge is 2.22. The van der Waals surface area contributed by atoms with Gasteiger partial charge in [0.2, 0.25) is 9.84 Å². The van der Waals surface area contributed by atoms with Crippen molar-refractivity contribution in [1.82, 2.24) is 20.1 Å². The number of benzene rings is 2. The fourth-order valence-electron chi connectivity index (χ4n) is 4.08. The van der Waals surface area contributed by atoms with Crippen LogP contribution in [0.15, 0.2) is 107 Å². The van der Waals surface area contributed by atoms with Crippen LogP contribution in [-0.4, -0.2) is 23.7 Å². The molecule has 1 aliphatic carbocycles. The van der Waals surface area contributed by atoms with E-state index in [-0.39, 0.29) is 17.3 Å². The van der Waals surface area contributed by atoms with Gasteiger partial charge in [-0.2, -0.15) is 0 Å². The fraction of sp³-hybridized carbons (Fsp3) is 0.143. The van der Waals surface area contributed by atoms with E-state index in [1.807, 2.05) is 12.2 Å². The zero-order valence-electron chi connectivity index (χ0n) is 20.4. The van der Waals surface area contributed by atoms with E-state index in [0.717, 1.165) is 36.7 Å². The van der Waals surface area contributed by atoms with Gasteiger partial charge in [-0.25, -0.2) is 17.8 Å². The summed E-state index contributed by atoms with van der Waals surface area (Å²) in [6.45, 7) is 0.203. The molecule has 2 heterocycles. The van der Waals surface area contributed by atoms with E-state index in [4.69, 9.17) is 0 Å². The maximum absolute atomic E-state index is 14.9. The summed E-state index contributed by atoms with van der Waals surface area (Å²) in [5.74, 6) is -1.12. The standard InChI is InChI=1S/C28H26FN5O3S/c29-25-17-23(33-32-22-5-3-1-2-4-6-22)10-13-26(25)38(36,37)24-11-7-20(8-12-24)18-31-28(35)21-9-14-27-30-15-16-34(27)19-21/h1,3,5,7-17,19,32-33H,2,4,6,18H2,(H,31,35). The lowest BCUT2D eigenvalue weighted by Gasteiger charge is -2.13. The Balaban J connectivity index is 1.22. The van der Waals surface area contributed by atoms with Crippen LogP contribution in [-0.2, 0) is 16.4 Å². The fourth-order valence-corrected chi connectivity index (χ4v) is 5.39. The Kier molecular flexibility index (Phi) is 7.23. The predicted molar refractivity (Wildman–Crippen MR) is 142 cm³/mol. The number of hydrogen-bond acceptors (Lipinski definition) is 6. The Hall–Kier alpha value is -4.44. The molecule has 2 aromatic carbocycles. The zero-order valence-corrected chi connectivity index (χ0v) is 21.2. The van der Waals surface area contributed by atoms with Gasteiger partial charge in [0.1, 0.15) is 16.4 Å². The highest BCUT2D eigenvalue weighted by atomic mass is 32.2. The van der Waals surface area contributed by atoms with E-state index in [0.29, 0.717) is 16.8 Å². The molecule has 1 amide bonds. The summed E-state index contributed by atoms with van der Waals surface area (Å²) < 4.78 is 42.8. The number of hydrazine groups is 1. The SMILES string of the molecule is O=C(NCc1ccc(S(=O)(=O)c2ccc(NNC3=CC=CCCC3)cc2F)cc1)c1ccc2nccn2c1. The Morgan fingerprint density at radius 3 is 2.71 bits per heavy atom. The summed E-state index contributed by atoms with van der Waals surface area (Å²) in [5, 5.41) is 2.81. The number of halogens is 1. The number of hydrogen-bond donors (Lipinski definition) is 3. The lowest BCUT2D eigenvalue weighted by molar-refractivity contribution is 0.0950. The highest BCUT2D eigenvalue weighted by molar-refractivity contribution is 7.91. The Bertz CT molecular complexity index is 1640. The number of rotatable bonds is 8. The quantitative estimate of drug-likeness (QED) is 0.283. The van der Waals surface area contributed by atoms with Gasteiger partial charge in [-0.15, -0.1) is 0 Å². The summed E-state index contributed by atoms with van der Waals surface area (Å²) in [6.07, 6.45) is 14.0. The highest BCUT2D eigenvalue weighted by Crippen LogP contribution is 2.26.